The lowest BCUT2D eigenvalue weighted by Crippen LogP contribution is -2.42. The summed E-state index contributed by atoms with van der Waals surface area (Å²) < 4.78 is 0. The first-order chi connectivity index (χ1) is 8.49. The molecule has 0 aliphatic heterocycles. The van der Waals surface area contributed by atoms with E-state index in [1.807, 2.05) is 0 Å². The van der Waals surface area contributed by atoms with Gasteiger partial charge in [-0.2, -0.15) is 0 Å². The van der Waals surface area contributed by atoms with Crippen molar-refractivity contribution in [2.45, 2.75) is 72.4 Å². The van der Waals surface area contributed by atoms with Gasteiger partial charge in [-0.15, -0.1) is 0 Å². The van der Waals surface area contributed by atoms with Crippen LogP contribution in [0, 0.1) is 11.8 Å². The van der Waals surface area contributed by atoms with Crippen molar-refractivity contribution >= 4 is 0 Å². The number of rotatable bonds is 10. The number of hydrogen-bond acceptors (Lipinski definition) is 2. The van der Waals surface area contributed by atoms with Gasteiger partial charge in [0.05, 0.1) is 0 Å². The standard InChI is InChI=1S/C16H34N2/c1-13(2)8-10-18(11-9-14(3)4)15(5)12-17-16-6-7-16/h13-17H,6-12H2,1-5H3. The minimum absolute atomic E-state index is 0.683. The van der Waals surface area contributed by atoms with E-state index in [4.69, 9.17) is 0 Å². The van der Waals surface area contributed by atoms with E-state index in [0.29, 0.717) is 6.04 Å². The van der Waals surface area contributed by atoms with Crippen LogP contribution in [0.25, 0.3) is 0 Å². The maximum atomic E-state index is 3.67. The van der Waals surface area contributed by atoms with Crippen LogP contribution >= 0.6 is 0 Å². The molecule has 0 spiro atoms. The third kappa shape index (κ3) is 7.38. The first-order valence-corrected chi connectivity index (χ1v) is 7.96. The molecule has 1 saturated carbocycles. The third-order valence-corrected chi connectivity index (χ3v) is 3.89. The summed E-state index contributed by atoms with van der Waals surface area (Å²) in [5, 5.41) is 3.67. The lowest BCUT2D eigenvalue weighted by atomic mass is 10.1. The fourth-order valence-corrected chi connectivity index (χ4v) is 2.15. The highest BCUT2D eigenvalue weighted by Crippen LogP contribution is 2.19. The molecule has 0 aromatic rings. The summed E-state index contributed by atoms with van der Waals surface area (Å²) in [5.74, 6) is 1.63. The molecule has 0 radical (unpaired) electrons. The molecular weight excluding hydrogens is 220 g/mol. The number of nitrogens with zero attached hydrogens (tertiary/aromatic N) is 1. The van der Waals surface area contributed by atoms with E-state index in [-0.39, 0.29) is 0 Å². The summed E-state index contributed by atoms with van der Waals surface area (Å²) in [6.07, 6.45) is 5.44. The monoisotopic (exact) mass is 254 g/mol. The smallest absolute Gasteiger partial charge is 0.0192 e. The fourth-order valence-electron chi connectivity index (χ4n) is 2.15. The van der Waals surface area contributed by atoms with E-state index in [1.54, 1.807) is 0 Å². The van der Waals surface area contributed by atoms with Crippen LogP contribution in [0.5, 0.6) is 0 Å². The van der Waals surface area contributed by atoms with Crippen LogP contribution < -0.4 is 5.32 Å². The van der Waals surface area contributed by atoms with Crippen LogP contribution in [0.15, 0.2) is 0 Å². The van der Waals surface area contributed by atoms with E-state index in [1.165, 1.54) is 45.3 Å². The molecule has 1 N–H and O–H groups in total. The molecule has 2 heteroatoms. The molecule has 108 valence electrons. The molecule has 0 amide bonds. The van der Waals surface area contributed by atoms with Crippen molar-refractivity contribution < 1.29 is 0 Å². The van der Waals surface area contributed by atoms with Crippen LogP contribution in [0.2, 0.25) is 0 Å². The van der Waals surface area contributed by atoms with Gasteiger partial charge in [0.15, 0.2) is 0 Å². The molecule has 0 aromatic heterocycles. The lowest BCUT2D eigenvalue weighted by molar-refractivity contribution is 0.183. The molecule has 0 bridgehead atoms. The molecule has 0 heterocycles. The van der Waals surface area contributed by atoms with E-state index < -0.39 is 0 Å². The fraction of sp³-hybridized carbons (Fsp3) is 1.00. The Balaban J connectivity index is 2.29. The zero-order valence-electron chi connectivity index (χ0n) is 13.2. The first kappa shape index (κ1) is 16.0. The normalized spacial score (nSPS) is 18.0. The predicted molar refractivity (Wildman–Crippen MR) is 81.0 cm³/mol. The summed E-state index contributed by atoms with van der Waals surface area (Å²) >= 11 is 0. The van der Waals surface area contributed by atoms with Crippen molar-refractivity contribution in [1.29, 1.82) is 0 Å². The number of nitrogens with one attached hydrogen (secondary N) is 1. The molecule has 18 heavy (non-hydrogen) atoms. The molecule has 1 fully saturated rings. The predicted octanol–water partition coefficient (Wildman–Crippen LogP) is 3.52. The summed E-state index contributed by atoms with van der Waals surface area (Å²) in [4.78, 5) is 2.69. The Morgan fingerprint density at radius 3 is 1.83 bits per heavy atom. The van der Waals surface area contributed by atoms with Crippen molar-refractivity contribution in [2.75, 3.05) is 19.6 Å². The van der Waals surface area contributed by atoms with Crippen LogP contribution in [0.3, 0.4) is 0 Å². The van der Waals surface area contributed by atoms with Gasteiger partial charge in [0.25, 0.3) is 0 Å². The lowest BCUT2D eigenvalue weighted by Gasteiger charge is -2.30. The molecule has 0 aromatic carbocycles. The van der Waals surface area contributed by atoms with Crippen LogP contribution in [0.1, 0.15) is 60.3 Å². The van der Waals surface area contributed by atoms with E-state index in [2.05, 4.69) is 44.8 Å². The molecule has 1 rings (SSSR count). The minimum Gasteiger partial charge on any atom is -0.312 e. The molecule has 1 atom stereocenters. The summed E-state index contributed by atoms with van der Waals surface area (Å²) in [6, 6.07) is 1.52. The molecular formula is C16H34N2. The van der Waals surface area contributed by atoms with Gasteiger partial charge >= 0.3 is 0 Å². The zero-order valence-corrected chi connectivity index (χ0v) is 13.2. The van der Waals surface area contributed by atoms with Crippen molar-refractivity contribution in [3.8, 4) is 0 Å². The van der Waals surface area contributed by atoms with E-state index in [0.717, 1.165) is 17.9 Å². The zero-order chi connectivity index (χ0) is 13.5. The molecule has 1 aliphatic carbocycles. The minimum atomic E-state index is 0.683. The third-order valence-electron chi connectivity index (χ3n) is 3.89. The van der Waals surface area contributed by atoms with Crippen molar-refractivity contribution in [1.82, 2.24) is 10.2 Å². The second-order valence-corrected chi connectivity index (χ2v) is 6.93. The highest BCUT2D eigenvalue weighted by Gasteiger charge is 2.22. The molecule has 1 unspecified atom stereocenters. The summed E-state index contributed by atoms with van der Waals surface area (Å²) in [7, 11) is 0. The molecule has 1 aliphatic rings. The largest absolute Gasteiger partial charge is 0.312 e. The number of hydrogen-bond donors (Lipinski definition) is 1. The van der Waals surface area contributed by atoms with Crippen molar-refractivity contribution in [2.24, 2.45) is 11.8 Å². The van der Waals surface area contributed by atoms with Crippen LogP contribution in [-0.4, -0.2) is 36.6 Å². The maximum Gasteiger partial charge on any atom is 0.0192 e. The summed E-state index contributed by atoms with van der Waals surface area (Å²) in [6.45, 7) is 15.4. The van der Waals surface area contributed by atoms with Gasteiger partial charge in [0.1, 0.15) is 0 Å². The quantitative estimate of drug-likeness (QED) is 0.642. The second kappa shape index (κ2) is 8.16. The van der Waals surface area contributed by atoms with E-state index in [9.17, 15) is 0 Å². The van der Waals surface area contributed by atoms with Gasteiger partial charge in [-0.3, -0.25) is 4.90 Å². The Hall–Kier alpha value is -0.0800. The average molecular weight is 254 g/mol. The van der Waals surface area contributed by atoms with Gasteiger partial charge in [-0.05, 0) is 57.5 Å². The van der Waals surface area contributed by atoms with Crippen LogP contribution in [0.4, 0.5) is 0 Å². The van der Waals surface area contributed by atoms with Gasteiger partial charge < -0.3 is 5.32 Å². The van der Waals surface area contributed by atoms with Crippen LogP contribution in [-0.2, 0) is 0 Å². The van der Waals surface area contributed by atoms with E-state index >= 15 is 0 Å². The maximum absolute atomic E-state index is 3.67. The topological polar surface area (TPSA) is 15.3 Å². The van der Waals surface area contributed by atoms with Gasteiger partial charge in [0, 0.05) is 18.6 Å². The molecule has 2 nitrogen and oxygen atoms in total. The SMILES string of the molecule is CC(C)CCN(CCC(C)C)C(C)CNC1CC1. The Morgan fingerprint density at radius 2 is 1.44 bits per heavy atom. The highest BCUT2D eigenvalue weighted by atomic mass is 15.2. The Labute approximate surface area is 115 Å². The first-order valence-electron chi connectivity index (χ1n) is 7.96. The molecule has 0 saturated heterocycles. The Bertz CT molecular complexity index is 197. The average Bonchev–Trinajstić information content (AvgIpc) is 3.09. The van der Waals surface area contributed by atoms with Crippen molar-refractivity contribution in [3.63, 3.8) is 0 Å². The Kier molecular flexibility index (Phi) is 7.25. The second-order valence-electron chi connectivity index (χ2n) is 6.93. The Morgan fingerprint density at radius 1 is 0.944 bits per heavy atom. The highest BCUT2D eigenvalue weighted by molar-refractivity contribution is 4.83. The van der Waals surface area contributed by atoms with Crippen molar-refractivity contribution in [3.05, 3.63) is 0 Å². The van der Waals surface area contributed by atoms with Gasteiger partial charge in [0.2, 0.25) is 0 Å². The van der Waals surface area contributed by atoms with Gasteiger partial charge in [-0.25, -0.2) is 0 Å². The summed E-state index contributed by atoms with van der Waals surface area (Å²) in [5.41, 5.74) is 0. The van der Waals surface area contributed by atoms with Gasteiger partial charge in [-0.1, -0.05) is 27.7 Å².